The molecular formula is C11H7ClO4. The molecule has 1 aromatic carbocycles. The highest BCUT2D eigenvalue weighted by atomic mass is 35.5. The Morgan fingerprint density at radius 1 is 1.38 bits per heavy atom. The van der Waals surface area contributed by atoms with Gasteiger partial charge >= 0.3 is 5.97 Å². The lowest BCUT2D eigenvalue weighted by molar-refractivity contribution is 0.0694. The standard InChI is InChI=1S/C11H7ClO4/c12-8-4-7(11(14)15)9(13)5-6(8)10-2-1-3-16-10/h1-5,13H,(H,14,15). The van der Waals surface area contributed by atoms with Gasteiger partial charge in [-0.15, -0.1) is 0 Å². The molecule has 1 aromatic heterocycles. The first-order valence-corrected chi connectivity index (χ1v) is 4.77. The molecule has 0 saturated heterocycles. The van der Waals surface area contributed by atoms with Gasteiger partial charge in [0.1, 0.15) is 17.1 Å². The van der Waals surface area contributed by atoms with Crippen molar-refractivity contribution >= 4 is 17.6 Å². The van der Waals surface area contributed by atoms with Crippen molar-refractivity contribution in [2.45, 2.75) is 0 Å². The lowest BCUT2D eigenvalue weighted by Crippen LogP contribution is -1.97. The van der Waals surface area contributed by atoms with Gasteiger partial charge in [-0.05, 0) is 24.3 Å². The number of aromatic hydroxyl groups is 1. The number of carboxylic acids is 1. The maximum atomic E-state index is 10.7. The van der Waals surface area contributed by atoms with Gasteiger partial charge in [0.05, 0.1) is 11.3 Å². The second-order valence-corrected chi connectivity index (χ2v) is 3.54. The zero-order valence-electron chi connectivity index (χ0n) is 7.98. The van der Waals surface area contributed by atoms with Crippen molar-refractivity contribution in [1.82, 2.24) is 0 Å². The fraction of sp³-hybridized carbons (Fsp3) is 0. The van der Waals surface area contributed by atoms with E-state index in [0.717, 1.165) is 0 Å². The minimum atomic E-state index is -1.23. The number of halogens is 1. The molecule has 0 aliphatic carbocycles. The van der Waals surface area contributed by atoms with Gasteiger partial charge < -0.3 is 14.6 Å². The maximum absolute atomic E-state index is 10.7. The zero-order chi connectivity index (χ0) is 11.7. The van der Waals surface area contributed by atoms with Crippen LogP contribution < -0.4 is 0 Å². The Bertz CT molecular complexity index is 531. The van der Waals surface area contributed by atoms with Crippen molar-refractivity contribution in [2.24, 2.45) is 0 Å². The third-order valence-electron chi connectivity index (χ3n) is 2.10. The Balaban J connectivity index is 2.59. The molecule has 0 fully saturated rings. The van der Waals surface area contributed by atoms with E-state index < -0.39 is 5.97 Å². The topological polar surface area (TPSA) is 70.7 Å². The van der Waals surface area contributed by atoms with Gasteiger partial charge in [-0.3, -0.25) is 0 Å². The predicted octanol–water partition coefficient (Wildman–Crippen LogP) is 3.00. The Hall–Kier alpha value is -1.94. The Labute approximate surface area is 95.7 Å². The number of rotatable bonds is 2. The molecule has 1 heterocycles. The van der Waals surface area contributed by atoms with E-state index in [1.54, 1.807) is 12.1 Å². The summed E-state index contributed by atoms with van der Waals surface area (Å²) in [6, 6.07) is 5.80. The van der Waals surface area contributed by atoms with E-state index in [9.17, 15) is 9.90 Å². The molecule has 2 aromatic rings. The minimum Gasteiger partial charge on any atom is -0.507 e. The lowest BCUT2D eigenvalue weighted by Gasteiger charge is -2.05. The Kier molecular flexibility index (Phi) is 2.58. The molecule has 5 heteroatoms. The van der Waals surface area contributed by atoms with Crippen LogP contribution in [0, 0.1) is 0 Å². The Morgan fingerprint density at radius 3 is 2.69 bits per heavy atom. The smallest absolute Gasteiger partial charge is 0.339 e. The number of carbonyl (C=O) groups is 1. The summed E-state index contributed by atoms with van der Waals surface area (Å²) in [5, 5.41) is 18.5. The summed E-state index contributed by atoms with van der Waals surface area (Å²) >= 11 is 5.90. The number of hydrogen-bond acceptors (Lipinski definition) is 3. The first kappa shape index (κ1) is 10.6. The van der Waals surface area contributed by atoms with Gasteiger partial charge in [0.25, 0.3) is 0 Å². The van der Waals surface area contributed by atoms with E-state index >= 15 is 0 Å². The van der Waals surface area contributed by atoms with Crippen molar-refractivity contribution in [2.75, 3.05) is 0 Å². The van der Waals surface area contributed by atoms with Crippen LogP contribution in [-0.4, -0.2) is 16.2 Å². The third kappa shape index (κ3) is 1.75. The molecule has 16 heavy (non-hydrogen) atoms. The quantitative estimate of drug-likeness (QED) is 0.844. The SMILES string of the molecule is O=C(O)c1cc(Cl)c(-c2ccco2)cc1O. The molecule has 0 radical (unpaired) electrons. The van der Waals surface area contributed by atoms with Gasteiger partial charge in [0.15, 0.2) is 0 Å². The summed E-state index contributed by atoms with van der Waals surface area (Å²) in [6.07, 6.45) is 1.47. The molecule has 0 amide bonds. The third-order valence-corrected chi connectivity index (χ3v) is 2.42. The normalized spacial score (nSPS) is 10.3. The molecule has 0 aliphatic heterocycles. The van der Waals surface area contributed by atoms with Gasteiger partial charge in [-0.1, -0.05) is 11.6 Å². The molecule has 0 saturated carbocycles. The highest BCUT2D eigenvalue weighted by molar-refractivity contribution is 6.33. The van der Waals surface area contributed by atoms with Crippen LogP contribution in [0.15, 0.2) is 34.9 Å². The average Bonchev–Trinajstić information content (AvgIpc) is 2.73. The number of carboxylic acid groups (broad SMARTS) is 1. The number of furan rings is 1. The molecule has 82 valence electrons. The average molecular weight is 239 g/mol. The van der Waals surface area contributed by atoms with Crippen LogP contribution in [0.5, 0.6) is 5.75 Å². The van der Waals surface area contributed by atoms with Gasteiger partial charge in [0, 0.05) is 5.56 Å². The first-order valence-electron chi connectivity index (χ1n) is 4.39. The van der Waals surface area contributed by atoms with Gasteiger partial charge in [0.2, 0.25) is 0 Å². The minimum absolute atomic E-state index is 0.213. The van der Waals surface area contributed by atoms with Crippen molar-refractivity contribution in [1.29, 1.82) is 0 Å². The van der Waals surface area contributed by atoms with Crippen molar-refractivity contribution in [3.63, 3.8) is 0 Å². The lowest BCUT2D eigenvalue weighted by atomic mass is 10.1. The molecule has 0 atom stereocenters. The van der Waals surface area contributed by atoms with Gasteiger partial charge in [-0.25, -0.2) is 4.79 Å². The monoisotopic (exact) mass is 238 g/mol. The van der Waals surface area contributed by atoms with E-state index in [2.05, 4.69) is 0 Å². The predicted molar refractivity (Wildman–Crippen MR) is 57.8 cm³/mol. The second kappa shape index (κ2) is 3.90. The zero-order valence-corrected chi connectivity index (χ0v) is 8.73. The van der Waals surface area contributed by atoms with Crippen LogP contribution in [0.3, 0.4) is 0 Å². The summed E-state index contributed by atoms with van der Waals surface area (Å²) in [6.45, 7) is 0. The maximum Gasteiger partial charge on any atom is 0.339 e. The van der Waals surface area contributed by atoms with Crippen molar-refractivity contribution < 1.29 is 19.4 Å². The second-order valence-electron chi connectivity index (χ2n) is 3.13. The van der Waals surface area contributed by atoms with Crippen LogP contribution >= 0.6 is 11.6 Å². The van der Waals surface area contributed by atoms with E-state index in [1.807, 2.05) is 0 Å². The highest BCUT2D eigenvalue weighted by Crippen LogP contribution is 2.33. The molecule has 2 N–H and O–H groups in total. The molecule has 0 bridgehead atoms. The highest BCUT2D eigenvalue weighted by Gasteiger charge is 2.15. The number of benzene rings is 1. The largest absolute Gasteiger partial charge is 0.507 e. The van der Waals surface area contributed by atoms with Crippen molar-refractivity contribution in [3.05, 3.63) is 41.1 Å². The molecule has 4 nitrogen and oxygen atoms in total. The van der Waals surface area contributed by atoms with Crippen LogP contribution in [0.25, 0.3) is 11.3 Å². The molecule has 2 rings (SSSR count). The van der Waals surface area contributed by atoms with Crippen molar-refractivity contribution in [3.8, 4) is 17.1 Å². The fourth-order valence-corrected chi connectivity index (χ4v) is 1.61. The number of hydrogen-bond donors (Lipinski definition) is 2. The van der Waals surface area contributed by atoms with E-state index in [-0.39, 0.29) is 16.3 Å². The molecule has 0 unspecified atom stereocenters. The molecule has 0 spiro atoms. The number of aromatic carboxylic acids is 1. The molecular weight excluding hydrogens is 232 g/mol. The van der Waals surface area contributed by atoms with E-state index in [1.165, 1.54) is 18.4 Å². The van der Waals surface area contributed by atoms with E-state index in [0.29, 0.717) is 11.3 Å². The number of phenols is 1. The van der Waals surface area contributed by atoms with Crippen LogP contribution in [0.2, 0.25) is 5.02 Å². The van der Waals surface area contributed by atoms with Crippen LogP contribution in [0.1, 0.15) is 10.4 Å². The first-order chi connectivity index (χ1) is 7.59. The van der Waals surface area contributed by atoms with Crippen LogP contribution in [-0.2, 0) is 0 Å². The summed E-state index contributed by atoms with van der Waals surface area (Å²) in [4.78, 5) is 10.7. The van der Waals surface area contributed by atoms with E-state index in [4.69, 9.17) is 21.1 Å². The van der Waals surface area contributed by atoms with Crippen LogP contribution in [0.4, 0.5) is 0 Å². The molecule has 0 aliphatic rings. The summed E-state index contributed by atoms with van der Waals surface area (Å²) in [5.74, 6) is -1.11. The fourth-order valence-electron chi connectivity index (χ4n) is 1.35. The van der Waals surface area contributed by atoms with Gasteiger partial charge in [-0.2, -0.15) is 0 Å². The summed E-state index contributed by atoms with van der Waals surface area (Å²) in [5.41, 5.74) is 0.217. The Morgan fingerprint density at radius 2 is 2.12 bits per heavy atom. The summed E-state index contributed by atoms with van der Waals surface area (Å²) < 4.78 is 5.11. The summed E-state index contributed by atoms with van der Waals surface area (Å²) in [7, 11) is 0.